The summed E-state index contributed by atoms with van der Waals surface area (Å²) in [4.78, 5) is 24.8. The molecule has 2 fully saturated rings. The van der Waals surface area contributed by atoms with E-state index >= 15 is 0 Å². The van der Waals surface area contributed by atoms with Gasteiger partial charge in [-0.1, -0.05) is 0 Å². The molecule has 0 aromatic carbocycles. The Labute approximate surface area is 120 Å². The first-order valence-electron chi connectivity index (χ1n) is 7.36. The topological polar surface area (TPSA) is 75.9 Å². The second-order valence-electron chi connectivity index (χ2n) is 6.58. The summed E-state index contributed by atoms with van der Waals surface area (Å²) in [5.41, 5.74) is 5.36. The SMILES string of the molecule is CC(C)(C)OC(=O)[C@@H]1CCCN2CCC[C@H](N)C(=O)N12. The minimum absolute atomic E-state index is 0.155. The highest BCUT2D eigenvalue weighted by molar-refractivity contribution is 5.87. The van der Waals surface area contributed by atoms with Gasteiger partial charge in [-0.3, -0.25) is 9.80 Å². The molecule has 0 unspecified atom stereocenters. The summed E-state index contributed by atoms with van der Waals surface area (Å²) in [5.74, 6) is -0.484. The molecule has 0 aliphatic carbocycles. The summed E-state index contributed by atoms with van der Waals surface area (Å²) < 4.78 is 5.45. The van der Waals surface area contributed by atoms with Gasteiger partial charge < -0.3 is 10.5 Å². The van der Waals surface area contributed by atoms with Crippen LogP contribution in [0.2, 0.25) is 0 Å². The third kappa shape index (κ3) is 3.30. The molecule has 6 nitrogen and oxygen atoms in total. The van der Waals surface area contributed by atoms with E-state index in [-0.39, 0.29) is 11.9 Å². The second-order valence-corrected chi connectivity index (χ2v) is 6.58. The minimum atomic E-state index is -0.545. The number of hydrogen-bond acceptors (Lipinski definition) is 5. The number of amides is 1. The quantitative estimate of drug-likeness (QED) is 0.715. The van der Waals surface area contributed by atoms with E-state index in [0.717, 1.165) is 25.9 Å². The lowest BCUT2D eigenvalue weighted by atomic mass is 10.1. The molecule has 6 heteroatoms. The third-order valence-corrected chi connectivity index (χ3v) is 3.65. The molecule has 2 heterocycles. The van der Waals surface area contributed by atoms with E-state index in [1.807, 2.05) is 25.8 Å². The van der Waals surface area contributed by atoms with Gasteiger partial charge in [0.25, 0.3) is 5.91 Å². The number of carbonyl (C=O) groups excluding carboxylic acids is 2. The molecule has 0 saturated carbocycles. The van der Waals surface area contributed by atoms with Crippen LogP contribution in [0.3, 0.4) is 0 Å². The van der Waals surface area contributed by atoms with Gasteiger partial charge in [0.2, 0.25) is 0 Å². The van der Waals surface area contributed by atoms with Crippen LogP contribution in [0.5, 0.6) is 0 Å². The van der Waals surface area contributed by atoms with E-state index in [4.69, 9.17) is 10.5 Å². The maximum absolute atomic E-state index is 12.4. The highest BCUT2D eigenvalue weighted by Gasteiger charge is 2.42. The van der Waals surface area contributed by atoms with Gasteiger partial charge in [0.15, 0.2) is 0 Å². The molecule has 2 rings (SSSR count). The molecule has 2 aliphatic heterocycles. The van der Waals surface area contributed by atoms with Crippen molar-refractivity contribution in [1.29, 1.82) is 0 Å². The number of nitrogens with zero attached hydrogens (tertiary/aromatic N) is 2. The second kappa shape index (κ2) is 5.69. The molecule has 0 aromatic heterocycles. The summed E-state index contributed by atoms with van der Waals surface area (Å²) in [6, 6.07) is -1.04. The molecular formula is C14H25N3O3. The zero-order valence-corrected chi connectivity index (χ0v) is 12.6. The number of fused-ring (bicyclic) bond motifs is 1. The maximum atomic E-state index is 12.4. The molecule has 0 spiro atoms. The van der Waals surface area contributed by atoms with Crippen LogP contribution in [0.1, 0.15) is 46.5 Å². The van der Waals surface area contributed by atoms with Crippen LogP contribution in [0, 0.1) is 0 Å². The van der Waals surface area contributed by atoms with Gasteiger partial charge in [0.1, 0.15) is 11.6 Å². The predicted molar refractivity (Wildman–Crippen MR) is 74.5 cm³/mol. The molecule has 20 heavy (non-hydrogen) atoms. The lowest BCUT2D eigenvalue weighted by Crippen LogP contribution is -2.61. The number of rotatable bonds is 1. The third-order valence-electron chi connectivity index (χ3n) is 3.65. The molecular weight excluding hydrogens is 258 g/mol. The fraction of sp³-hybridized carbons (Fsp3) is 0.857. The van der Waals surface area contributed by atoms with E-state index in [0.29, 0.717) is 12.8 Å². The van der Waals surface area contributed by atoms with Crippen LogP contribution in [0.15, 0.2) is 0 Å². The van der Waals surface area contributed by atoms with Crippen molar-refractivity contribution < 1.29 is 14.3 Å². The first-order chi connectivity index (χ1) is 9.29. The van der Waals surface area contributed by atoms with Crippen molar-refractivity contribution in [2.24, 2.45) is 5.73 Å². The van der Waals surface area contributed by atoms with Gasteiger partial charge in [0, 0.05) is 13.1 Å². The van der Waals surface area contributed by atoms with Crippen LogP contribution in [0.25, 0.3) is 0 Å². The predicted octanol–water partition coefficient (Wildman–Crippen LogP) is 0.657. The molecule has 2 saturated heterocycles. The van der Waals surface area contributed by atoms with Crippen molar-refractivity contribution in [3.05, 3.63) is 0 Å². The van der Waals surface area contributed by atoms with Gasteiger partial charge in [-0.15, -0.1) is 0 Å². The Kier molecular flexibility index (Phi) is 4.34. The van der Waals surface area contributed by atoms with Crippen LogP contribution in [-0.2, 0) is 14.3 Å². The number of hydrazine groups is 1. The zero-order valence-electron chi connectivity index (χ0n) is 12.6. The van der Waals surface area contributed by atoms with Crippen LogP contribution < -0.4 is 5.73 Å². The van der Waals surface area contributed by atoms with E-state index in [9.17, 15) is 9.59 Å². The highest BCUT2D eigenvalue weighted by Crippen LogP contribution is 2.25. The van der Waals surface area contributed by atoms with Crippen molar-refractivity contribution in [3.8, 4) is 0 Å². The van der Waals surface area contributed by atoms with Gasteiger partial charge in [0.05, 0.1) is 6.04 Å². The van der Waals surface area contributed by atoms with Gasteiger partial charge in [-0.05, 0) is 46.5 Å². The summed E-state index contributed by atoms with van der Waals surface area (Å²) in [7, 11) is 0. The Bertz CT molecular complexity index is 392. The summed E-state index contributed by atoms with van der Waals surface area (Å²) in [5, 5.41) is 3.53. The Morgan fingerprint density at radius 2 is 1.85 bits per heavy atom. The largest absolute Gasteiger partial charge is 0.458 e. The molecule has 114 valence electrons. The van der Waals surface area contributed by atoms with Crippen LogP contribution >= 0.6 is 0 Å². The monoisotopic (exact) mass is 283 g/mol. The standard InChI is InChI=1S/C14H25N3O3/c1-14(2,3)20-13(19)11-7-5-9-16-8-4-6-10(15)12(18)17(11)16/h10-11H,4-9,15H2,1-3H3/t10-,11-/m0/s1. The molecule has 2 aliphatic rings. The summed E-state index contributed by atoms with van der Waals surface area (Å²) in [6.07, 6.45) is 3.09. The van der Waals surface area contributed by atoms with Crippen LogP contribution in [-0.4, -0.2) is 52.7 Å². The number of carbonyl (C=O) groups is 2. The van der Waals surface area contributed by atoms with E-state index in [1.54, 1.807) is 5.01 Å². The minimum Gasteiger partial charge on any atom is -0.458 e. The van der Waals surface area contributed by atoms with E-state index in [1.165, 1.54) is 0 Å². The fourth-order valence-electron chi connectivity index (χ4n) is 2.78. The van der Waals surface area contributed by atoms with Crippen molar-refractivity contribution in [3.63, 3.8) is 0 Å². The molecule has 0 bridgehead atoms. The summed E-state index contributed by atoms with van der Waals surface area (Å²) in [6.45, 7) is 7.08. The Morgan fingerprint density at radius 3 is 2.45 bits per heavy atom. The lowest BCUT2D eigenvalue weighted by molar-refractivity contribution is -0.183. The Hall–Kier alpha value is -1.14. The molecule has 0 radical (unpaired) electrons. The fourth-order valence-corrected chi connectivity index (χ4v) is 2.78. The average Bonchev–Trinajstić information content (AvgIpc) is 2.48. The van der Waals surface area contributed by atoms with Gasteiger partial charge >= 0.3 is 5.97 Å². The number of hydrogen-bond donors (Lipinski definition) is 1. The Balaban J connectivity index is 2.18. The summed E-state index contributed by atoms with van der Waals surface area (Å²) >= 11 is 0. The van der Waals surface area contributed by atoms with E-state index < -0.39 is 17.7 Å². The van der Waals surface area contributed by atoms with Crippen molar-refractivity contribution in [2.45, 2.75) is 64.1 Å². The molecule has 0 aromatic rings. The highest BCUT2D eigenvalue weighted by atomic mass is 16.6. The van der Waals surface area contributed by atoms with Crippen molar-refractivity contribution in [2.75, 3.05) is 13.1 Å². The number of nitrogens with two attached hydrogens (primary N) is 1. The first-order valence-corrected chi connectivity index (χ1v) is 7.36. The number of ether oxygens (including phenoxy) is 1. The average molecular weight is 283 g/mol. The van der Waals surface area contributed by atoms with E-state index in [2.05, 4.69) is 0 Å². The first kappa shape index (κ1) is 15.3. The van der Waals surface area contributed by atoms with Crippen molar-refractivity contribution in [1.82, 2.24) is 10.0 Å². The smallest absolute Gasteiger partial charge is 0.331 e. The molecule has 2 N–H and O–H groups in total. The normalized spacial score (nSPS) is 28.8. The number of esters is 1. The lowest BCUT2D eigenvalue weighted by Gasteiger charge is -2.43. The zero-order chi connectivity index (χ0) is 14.9. The Morgan fingerprint density at radius 1 is 1.25 bits per heavy atom. The molecule has 2 atom stereocenters. The molecule has 1 amide bonds. The van der Waals surface area contributed by atoms with Crippen LogP contribution in [0.4, 0.5) is 0 Å². The maximum Gasteiger partial charge on any atom is 0.331 e. The van der Waals surface area contributed by atoms with Crippen molar-refractivity contribution >= 4 is 11.9 Å². The van der Waals surface area contributed by atoms with Gasteiger partial charge in [-0.25, -0.2) is 9.80 Å². The van der Waals surface area contributed by atoms with Gasteiger partial charge in [-0.2, -0.15) is 0 Å².